The highest BCUT2D eigenvalue weighted by Crippen LogP contribution is 2.14. The third kappa shape index (κ3) is 3.10. The van der Waals surface area contributed by atoms with Gasteiger partial charge in [0.1, 0.15) is 18.3 Å². The first-order valence-corrected chi connectivity index (χ1v) is 9.33. The van der Waals surface area contributed by atoms with Crippen LogP contribution in [-0.2, 0) is 16.6 Å². The molecule has 0 atom stereocenters. The minimum absolute atomic E-state index is 0.0385. The summed E-state index contributed by atoms with van der Waals surface area (Å²) >= 11 is 1.34. The highest BCUT2D eigenvalue weighted by atomic mass is 32.2. The summed E-state index contributed by atoms with van der Waals surface area (Å²) in [4.78, 5) is 24.2. The maximum Gasteiger partial charge on any atom is 0.256 e. The Bertz CT molecular complexity index is 997. The number of pyridine rings is 1. The van der Waals surface area contributed by atoms with Crippen LogP contribution in [0.25, 0.3) is 11.0 Å². The Hall–Kier alpha value is -2.27. The number of hydrogen-bond acceptors (Lipinski definition) is 8. The molecule has 0 saturated heterocycles. The van der Waals surface area contributed by atoms with E-state index >= 15 is 0 Å². The van der Waals surface area contributed by atoms with Gasteiger partial charge >= 0.3 is 0 Å². The molecule has 0 N–H and O–H groups in total. The number of thioether (sulfide) groups is 1. The van der Waals surface area contributed by atoms with E-state index < -0.39 is 10.0 Å². The van der Waals surface area contributed by atoms with E-state index in [0.29, 0.717) is 16.2 Å². The molecule has 120 valence electrons. The number of aryl methyl sites for hydroxylation is 1. The molecule has 3 aromatic rings. The monoisotopic (exact) mass is 352 g/mol. The Morgan fingerprint density at radius 1 is 1.30 bits per heavy atom. The first-order valence-electron chi connectivity index (χ1n) is 6.50. The summed E-state index contributed by atoms with van der Waals surface area (Å²) in [5, 5.41) is 4.79. The highest BCUT2D eigenvalue weighted by Gasteiger charge is 2.16. The lowest BCUT2D eigenvalue weighted by Gasteiger charge is -2.10. The largest absolute Gasteiger partial charge is 0.291 e. The molecule has 0 aliphatic rings. The zero-order chi connectivity index (χ0) is 16.4. The lowest BCUT2D eigenvalue weighted by Crippen LogP contribution is -2.27. The molecule has 11 heteroatoms. The van der Waals surface area contributed by atoms with Crippen molar-refractivity contribution >= 4 is 32.8 Å². The van der Waals surface area contributed by atoms with Crippen molar-refractivity contribution in [3.05, 3.63) is 41.3 Å². The molecule has 3 aromatic heterocycles. The van der Waals surface area contributed by atoms with Crippen LogP contribution in [0, 0.1) is 0 Å². The van der Waals surface area contributed by atoms with Gasteiger partial charge in [0.2, 0.25) is 0 Å². The van der Waals surface area contributed by atoms with Gasteiger partial charge in [0.15, 0.2) is 5.16 Å². The average molecular weight is 352 g/mol. The molecule has 0 unspecified atom stereocenters. The number of nitrogens with zero attached hydrogens (tertiary/aromatic N) is 6. The molecule has 0 aromatic carbocycles. The summed E-state index contributed by atoms with van der Waals surface area (Å²) in [6.07, 6.45) is 5.67. The van der Waals surface area contributed by atoms with Crippen LogP contribution >= 0.6 is 11.8 Å². The van der Waals surface area contributed by atoms with E-state index in [1.54, 1.807) is 12.3 Å². The van der Waals surface area contributed by atoms with Gasteiger partial charge in [0.05, 0.1) is 5.75 Å². The minimum atomic E-state index is -3.68. The molecule has 0 spiro atoms. The molecule has 0 saturated carbocycles. The second kappa shape index (κ2) is 6.08. The first-order chi connectivity index (χ1) is 11.0. The number of rotatable bonds is 5. The van der Waals surface area contributed by atoms with Gasteiger partial charge in [0, 0.05) is 24.2 Å². The van der Waals surface area contributed by atoms with Crippen LogP contribution in [0.3, 0.4) is 0 Å². The Morgan fingerprint density at radius 3 is 2.83 bits per heavy atom. The van der Waals surface area contributed by atoms with Gasteiger partial charge in [-0.3, -0.25) is 9.36 Å². The van der Waals surface area contributed by atoms with E-state index in [9.17, 15) is 13.2 Å². The van der Waals surface area contributed by atoms with Crippen LogP contribution in [0.4, 0.5) is 0 Å². The van der Waals surface area contributed by atoms with E-state index in [-0.39, 0.29) is 17.9 Å². The van der Waals surface area contributed by atoms with Gasteiger partial charge in [-0.25, -0.2) is 23.4 Å². The summed E-state index contributed by atoms with van der Waals surface area (Å²) in [5.74, 6) is -0.298. The summed E-state index contributed by atoms with van der Waals surface area (Å²) in [6.45, 7) is -0.0385. The zero-order valence-corrected chi connectivity index (χ0v) is 13.7. The van der Waals surface area contributed by atoms with Crippen LogP contribution < -0.4 is 5.56 Å². The third-order valence-corrected chi connectivity index (χ3v) is 5.16. The van der Waals surface area contributed by atoms with Crippen molar-refractivity contribution in [1.82, 2.24) is 28.7 Å². The second-order valence-electron chi connectivity index (χ2n) is 4.54. The number of hydrogen-bond donors (Lipinski definition) is 0. The smallest absolute Gasteiger partial charge is 0.256 e. The summed E-state index contributed by atoms with van der Waals surface area (Å²) in [5.41, 5.74) is 0.0858. The predicted molar refractivity (Wildman–Crippen MR) is 84.8 cm³/mol. The highest BCUT2D eigenvalue weighted by molar-refractivity contribution is 7.98. The molecule has 0 aliphatic heterocycles. The van der Waals surface area contributed by atoms with Crippen LogP contribution in [0.1, 0.15) is 0 Å². The standard InChI is InChI=1S/C12H12N6O3S2/c1-22-12-14-6-9-2-3-10(19)17(11(9)16-12)4-5-23(20,21)18-8-13-7-15-18/h2-3,6-8H,4-5H2,1H3. The topological polar surface area (TPSA) is 113 Å². The fourth-order valence-electron chi connectivity index (χ4n) is 2.01. The molecular formula is C12H12N6O3S2. The Morgan fingerprint density at radius 2 is 2.13 bits per heavy atom. The Balaban J connectivity index is 1.99. The Labute approximate surface area is 135 Å². The van der Waals surface area contributed by atoms with Crippen molar-refractivity contribution in [2.45, 2.75) is 11.7 Å². The van der Waals surface area contributed by atoms with Crippen molar-refractivity contribution < 1.29 is 8.42 Å². The van der Waals surface area contributed by atoms with E-state index in [1.807, 2.05) is 6.26 Å². The summed E-state index contributed by atoms with van der Waals surface area (Å²) in [7, 11) is -3.68. The van der Waals surface area contributed by atoms with E-state index in [2.05, 4.69) is 20.1 Å². The minimum Gasteiger partial charge on any atom is -0.291 e. The molecule has 0 aliphatic carbocycles. The molecule has 0 bridgehead atoms. The SMILES string of the molecule is CSc1ncc2ccc(=O)n(CCS(=O)(=O)n3cncn3)c2n1. The van der Waals surface area contributed by atoms with Crippen molar-refractivity contribution in [3.8, 4) is 0 Å². The summed E-state index contributed by atoms with van der Waals surface area (Å²) in [6, 6.07) is 2.98. The zero-order valence-electron chi connectivity index (χ0n) is 12.0. The molecule has 0 fully saturated rings. The third-order valence-electron chi connectivity index (χ3n) is 3.14. The quantitative estimate of drug-likeness (QED) is 0.465. The van der Waals surface area contributed by atoms with Crippen molar-refractivity contribution in [2.24, 2.45) is 0 Å². The second-order valence-corrected chi connectivity index (χ2v) is 7.26. The van der Waals surface area contributed by atoms with Gasteiger partial charge < -0.3 is 0 Å². The van der Waals surface area contributed by atoms with Gasteiger partial charge in [-0.15, -0.1) is 9.19 Å². The van der Waals surface area contributed by atoms with E-state index in [0.717, 1.165) is 16.7 Å². The fourth-order valence-corrected chi connectivity index (χ4v) is 3.33. The fraction of sp³-hybridized carbons (Fsp3) is 0.250. The van der Waals surface area contributed by atoms with Crippen LogP contribution in [-0.4, -0.2) is 49.1 Å². The van der Waals surface area contributed by atoms with Crippen molar-refractivity contribution in [1.29, 1.82) is 0 Å². The summed E-state index contributed by atoms with van der Waals surface area (Å²) < 4.78 is 26.4. The van der Waals surface area contributed by atoms with Gasteiger partial charge in [-0.2, -0.15) is 0 Å². The number of fused-ring (bicyclic) bond motifs is 1. The molecule has 3 rings (SSSR count). The molecular weight excluding hydrogens is 340 g/mol. The molecule has 0 radical (unpaired) electrons. The van der Waals surface area contributed by atoms with E-state index in [4.69, 9.17) is 0 Å². The van der Waals surface area contributed by atoms with Gasteiger partial charge in [-0.05, 0) is 12.3 Å². The maximum atomic E-state index is 12.1. The normalized spacial score (nSPS) is 11.9. The molecule has 0 amide bonds. The average Bonchev–Trinajstić information content (AvgIpc) is 3.08. The van der Waals surface area contributed by atoms with Crippen LogP contribution in [0.2, 0.25) is 0 Å². The van der Waals surface area contributed by atoms with Crippen LogP contribution in [0.5, 0.6) is 0 Å². The maximum absolute atomic E-state index is 12.1. The lowest BCUT2D eigenvalue weighted by molar-refractivity contribution is 0.572. The molecule has 3 heterocycles. The molecule has 9 nitrogen and oxygen atoms in total. The van der Waals surface area contributed by atoms with Crippen LogP contribution in [0.15, 0.2) is 40.9 Å². The first kappa shape index (κ1) is 15.6. The van der Waals surface area contributed by atoms with Gasteiger partial charge in [-0.1, -0.05) is 11.8 Å². The van der Waals surface area contributed by atoms with E-state index in [1.165, 1.54) is 22.4 Å². The predicted octanol–water partition coefficient (Wildman–Crippen LogP) is -0.0170. The van der Waals surface area contributed by atoms with Crippen molar-refractivity contribution in [2.75, 3.05) is 12.0 Å². The number of aromatic nitrogens is 6. The Kier molecular flexibility index (Phi) is 4.13. The van der Waals surface area contributed by atoms with Crippen molar-refractivity contribution in [3.63, 3.8) is 0 Å². The molecule has 23 heavy (non-hydrogen) atoms. The lowest BCUT2D eigenvalue weighted by atomic mass is 10.3. The van der Waals surface area contributed by atoms with Gasteiger partial charge in [0.25, 0.3) is 15.6 Å².